The number of nitrogens with zero attached hydrogens (tertiary/aromatic N) is 4. The molecule has 0 unspecified atom stereocenters. The van der Waals surface area contributed by atoms with Crippen molar-refractivity contribution in [1.82, 2.24) is 19.5 Å². The summed E-state index contributed by atoms with van der Waals surface area (Å²) >= 11 is 0. The van der Waals surface area contributed by atoms with E-state index in [0.717, 1.165) is 24.6 Å². The van der Waals surface area contributed by atoms with Crippen LogP contribution in [0.1, 0.15) is 11.6 Å². The van der Waals surface area contributed by atoms with E-state index in [1.54, 1.807) is 12.3 Å². The topological polar surface area (TPSA) is 81.6 Å². The number of nitrogen functional groups attached to an aromatic ring is 1. The Morgan fingerprint density at radius 3 is 2.88 bits per heavy atom. The molecular formula is C11H16N6. The maximum atomic E-state index is 5.64. The maximum absolute atomic E-state index is 5.64. The van der Waals surface area contributed by atoms with Crippen molar-refractivity contribution in [1.29, 1.82) is 0 Å². The molecule has 0 atom stereocenters. The van der Waals surface area contributed by atoms with Gasteiger partial charge in [-0.15, -0.1) is 0 Å². The number of hydrogen-bond acceptors (Lipinski definition) is 5. The Hall–Kier alpha value is -2.11. The van der Waals surface area contributed by atoms with Crippen LogP contribution in [0.2, 0.25) is 0 Å². The highest BCUT2D eigenvalue weighted by molar-refractivity contribution is 5.44. The van der Waals surface area contributed by atoms with Crippen LogP contribution in [0.4, 0.5) is 11.6 Å². The van der Waals surface area contributed by atoms with Crippen molar-refractivity contribution in [3.63, 3.8) is 0 Å². The molecule has 0 fully saturated rings. The fraction of sp³-hybridized carbons (Fsp3) is 0.364. The number of nitrogens with two attached hydrogens (primary N) is 1. The van der Waals surface area contributed by atoms with Crippen LogP contribution >= 0.6 is 0 Å². The van der Waals surface area contributed by atoms with Crippen LogP contribution in [0.3, 0.4) is 0 Å². The minimum absolute atomic E-state index is 0.483. The van der Waals surface area contributed by atoms with Crippen LogP contribution in [0.15, 0.2) is 18.5 Å². The lowest BCUT2D eigenvalue weighted by atomic mass is 10.4. The van der Waals surface area contributed by atoms with Gasteiger partial charge in [0.25, 0.3) is 0 Å². The lowest BCUT2D eigenvalue weighted by Crippen LogP contribution is -2.10. The third-order valence-corrected chi connectivity index (χ3v) is 2.43. The normalized spacial score (nSPS) is 10.5. The predicted octanol–water partition coefficient (Wildman–Crippen LogP) is 0.755. The highest BCUT2D eigenvalue weighted by Crippen LogP contribution is 2.07. The van der Waals surface area contributed by atoms with Crippen LogP contribution in [0.25, 0.3) is 0 Å². The van der Waals surface area contributed by atoms with Gasteiger partial charge in [0.2, 0.25) is 0 Å². The van der Waals surface area contributed by atoms with Gasteiger partial charge in [-0.05, 0) is 6.92 Å². The molecule has 2 heterocycles. The third kappa shape index (κ3) is 2.93. The van der Waals surface area contributed by atoms with Gasteiger partial charge in [-0.25, -0.2) is 15.0 Å². The SMILES string of the molecule is Cc1nc(N)cc(NCCc2nccn2C)n1. The summed E-state index contributed by atoms with van der Waals surface area (Å²) in [5.41, 5.74) is 5.64. The summed E-state index contributed by atoms with van der Waals surface area (Å²) in [5, 5.41) is 3.21. The molecule has 0 amide bonds. The average Bonchev–Trinajstić information content (AvgIpc) is 2.63. The molecule has 0 saturated heterocycles. The zero-order chi connectivity index (χ0) is 12.3. The van der Waals surface area contributed by atoms with Gasteiger partial charge in [-0.3, -0.25) is 0 Å². The molecule has 0 spiro atoms. The fourth-order valence-electron chi connectivity index (χ4n) is 1.62. The van der Waals surface area contributed by atoms with Crippen LogP contribution < -0.4 is 11.1 Å². The standard InChI is InChI=1S/C11H16N6/c1-8-15-9(12)7-10(16-8)13-4-3-11-14-5-6-17(11)2/h5-7H,3-4H2,1-2H3,(H3,12,13,15,16). The largest absolute Gasteiger partial charge is 0.384 e. The van der Waals surface area contributed by atoms with Crippen molar-refractivity contribution in [2.45, 2.75) is 13.3 Å². The minimum Gasteiger partial charge on any atom is -0.384 e. The molecule has 17 heavy (non-hydrogen) atoms. The van der Waals surface area contributed by atoms with E-state index in [1.807, 2.05) is 24.7 Å². The summed E-state index contributed by atoms with van der Waals surface area (Å²) in [6.07, 6.45) is 4.57. The van der Waals surface area contributed by atoms with Gasteiger partial charge in [0.1, 0.15) is 23.3 Å². The first-order valence-electron chi connectivity index (χ1n) is 5.46. The zero-order valence-corrected chi connectivity index (χ0v) is 10.0. The van der Waals surface area contributed by atoms with Crippen LogP contribution in [-0.2, 0) is 13.5 Å². The Kier molecular flexibility index (Phi) is 3.22. The Bertz CT molecular complexity index is 484. The van der Waals surface area contributed by atoms with Crippen molar-refractivity contribution in [2.75, 3.05) is 17.6 Å². The molecule has 0 aliphatic carbocycles. The van der Waals surface area contributed by atoms with Gasteiger partial charge in [0, 0.05) is 38.5 Å². The first-order valence-corrected chi connectivity index (χ1v) is 5.46. The van der Waals surface area contributed by atoms with Crippen molar-refractivity contribution < 1.29 is 0 Å². The van der Waals surface area contributed by atoms with Crippen LogP contribution in [-0.4, -0.2) is 26.1 Å². The Morgan fingerprint density at radius 2 is 2.24 bits per heavy atom. The number of imidazole rings is 1. The molecule has 2 rings (SSSR count). The summed E-state index contributed by atoms with van der Waals surface area (Å²) < 4.78 is 2.00. The Balaban J connectivity index is 1.92. The van der Waals surface area contributed by atoms with E-state index in [4.69, 9.17) is 5.73 Å². The first-order chi connectivity index (χ1) is 8.15. The van der Waals surface area contributed by atoms with Crippen molar-refractivity contribution in [3.8, 4) is 0 Å². The molecule has 0 bridgehead atoms. The molecule has 0 saturated carbocycles. The van der Waals surface area contributed by atoms with E-state index in [2.05, 4.69) is 20.3 Å². The van der Waals surface area contributed by atoms with Gasteiger partial charge in [0.15, 0.2) is 0 Å². The van der Waals surface area contributed by atoms with Crippen LogP contribution in [0, 0.1) is 6.92 Å². The lowest BCUT2D eigenvalue weighted by Gasteiger charge is -2.06. The molecule has 6 nitrogen and oxygen atoms in total. The summed E-state index contributed by atoms with van der Waals surface area (Å²) in [6.45, 7) is 2.58. The van der Waals surface area contributed by atoms with Crippen molar-refractivity contribution in [2.24, 2.45) is 7.05 Å². The number of anilines is 2. The van der Waals surface area contributed by atoms with E-state index in [0.29, 0.717) is 11.6 Å². The number of aryl methyl sites for hydroxylation is 2. The average molecular weight is 232 g/mol. The molecule has 90 valence electrons. The van der Waals surface area contributed by atoms with Gasteiger partial charge in [-0.2, -0.15) is 0 Å². The quantitative estimate of drug-likeness (QED) is 0.813. The summed E-state index contributed by atoms with van der Waals surface area (Å²) in [7, 11) is 1.98. The third-order valence-electron chi connectivity index (χ3n) is 2.43. The molecule has 0 aromatic carbocycles. The lowest BCUT2D eigenvalue weighted by molar-refractivity contribution is 0.788. The van der Waals surface area contributed by atoms with E-state index >= 15 is 0 Å². The molecule has 0 aliphatic heterocycles. The summed E-state index contributed by atoms with van der Waals surface area (Å²) in [6, 6.07) is 1.73. The van der Waals surface area contributed by atoms with Gasteiger partial charge >= 0.3 is 0 Å². The second-order valence-electron chi connectivity index (χ2n) is 3.86. The van der Waals surface area contributed by atoms with E-state index in [9.17, 15) is 0 Å². The van der Waals surface area contributed by atoms with E-state index in [1.165, 1.54) is 0 Å². The maximum Gasteiger partial charge on any atom is 0.131 e. The molecule has 2 aromatic heterocycles. The number of hydrogen-bond donors (Lipinski definition) is 2. The minimum atomic E-state index is 0.483. The second-order valence-corrected chi connectivity index (χ2v) is 3.86. The van der Waals surface area contributed by atoms with Gasteiger partial charge < -0.3 is 15.6 Å². The molecular weight excluding hydrogens is 216 g/mol. The van der Waals surface area contributed by atoms with Gasteiger partial charge in [-0.1, -0.05) is 0 Å². The first kappa shape index (κ1) is 11.4. The Labute approximate surface area is 99.9 Å². The number of rotatable bonds is 4. The second kappa shape index (κ2) is 4.82. The zero-order valence-electron chi connectivity index (χ0n) is 10.0. The highest BCUT2D eigenvalue weighted by Gasteiger charge is 2.01. The summed E-state index contributed by atoms with van der Waals surface area (Å²) in [5.74, 6) is 2.95. The van der Waals surface area contributed by atoms with Crippen molar-refractivity contribution >= 4 is 11.6 Å². The molecule has 0 radical (unpaired) electrons. The van der Waals surface area contributed by atoms with Crippen molar-refractivity contribution in [3.05, 3.63) is 30.1 Å². The van der Waals surface area contributed by atoms with E-state index in [-0.39, 0.29) is 0 Å². The van der Waals surface area contributed by atoms with E-state index < -0.39 is 0 Å². The predicted molar refractivity (Wildman–Crippen MR) is 66.6 cm³/mol. The number of aromatic nitrogens is 4. The number of nitrogens with one attached hydrogen (secondary N) is 1. The van der Waals surface area contributed by atoms with Gasteiger partial charge in [0.05, 0.1) is 0 Å². The highest BCUT2D eigenvalue weighted by atomic mass is 15.1. The monoisotopic (exact) mass is 232 g/mol. The fourth-order valence-corrected chi connectivity index (χ4v) is 1.62. The van der Waals surface area contributed by atoms with Crippen LogP contribution in [0.5, 0.6) is 0 Å². The molecule has 6 heteroatoms. The molecule has 2 aromatic rings. The smallest absolute Gasteiger partial charge is 0.131 e. The molecule has 0 aliphatic rings. The summed E-state index contributed by atoms with van der Waals surface area (Å²) in [4.78, 5) is 12.5. The Morgan fingerprint density at radius 1 is 1.41 bits per heavy atom. The molecule has 3 N–H and O–H groups in total.